The molecule has 0 fully saturated rings. The third kappa shape index (κ3) is 2.41. The van der Waals surface area contributed by atoms with E-state index in [-0.39, 0.29) is 12.2 Å². The van der Waals surface area contributed by atoms with E-state index < -0.39 is 5.60 Å². The van der Waals surface area contributed by atoms with Crippen molar-refractivity contribution in [3.63, 3.8) is 0 Å². The standard InChI is InChI=1S/C23H17N3O2/c24-15-11-9-14(10-12-15)20(27)13-23(28)17-6-2-1-5-16(17)21-22(23)26-19-8-4-3-7-18(19)25-21/h1-12,28H,13,24H2. The second-order valence-electron chi connectivity index (χ2n) is 7.04. The number of Topliss-reactive ketones (excluding diaryl/α,β-unsaturated/α-hetero) is 1. The Morgan fingerprint density at radius 3 is 2.29 bits per heavy atom. The van der Waals surface area contributed by atoms with E-state index >= 15 is 0 Å². The largest absolute Gasteiger partial charge is 0.399 e. The lowest BCUT2D eigenvalue weighted by Crippen LogP contribution is -2.29. The molecule has 136 valence electrons. The molecule has 0 radical (unpaired) electrons. The van der Waals surface area contributed by atoms with Crippen LogP contribution in [0, 0.1) is 0 Å². The van der Waals surface area contributed by atoms with E-state index in [0.29, 0.717) is 33.7 Å². The van der Waals surface area contributed by atoms with Crippen molar-refractivity contribution in [2.45, 2.75) is 12.0 Å². The summed E-state index contributed by atoms with van der Waals surface area (Å²) in [6, 6.07) is 21.7. The SMILES string of the molecule is Nc1ccc(C(=O)CC2(O)c3ccccc3-c3nc4ccccc4nc32)cc1. The molecule has 0 amide bonds. The maximum Gasteiger partial charge on any atom is 0.166 e. The molecule has 1 aromatic heterocycles. The minimum atomic E-state index is -1.53. The number of rotatable bonds is 3. The molecule has 0 saturated carbocycles. The Balaban J connectivity index is 1.67. The molecule has 3 N–H and O–H groups in total. The zero-order valence-corrected chi connectivity index (χ0v) is 15.0. The van der Waals surface area contributed by atoms with E-state index in [1.54, 1.807) is 24.3 Å². The van der Waals surface area contributed by atoms with E-state index in [1.165, 1.54) is 0 Å². The summed E-state index contributed by atoms with van der Waals surface area (Å²) < 4.78 is 0. The number of anilines is 1. The van der Waals surface area contributed by atoms with Gasteiger partial charge in [0, 0.05) is 23.2 Å². The van der Waals surface area contributed by atoms with Gasteiger partial charge in [0.05, 0.1) is 16.7 Å². The lowest BCUT2D eigenvalue weighted by Gasteiger charge is -2.24. The number of hydrogen-bond acceptors (Lipinski definition) is 5. The van der Waals surface area contributed by atoms with Crippen LogP contribution in [0.15, 0.2) is 72.8 Å². The third-order valence-electron chi connectivity index (χ3n) is 5.24. The molecule has 1 aliphatic rings. The maximum atomic E-state index is 13.0. The van der Waals surface area contributed by atoms with Crippen LogP contribution in [0.1, 0.15) is 28.0 Å². The second kappa shape index (κ2) is 5.97. The first-order chi connectivity index (χ1) is 13.6. The molecular weight excluding hydrogens is 350 g/mol. The minimum Gasteiger partial charge on any atom is -0.399 e. The van der Waals surface area contributed by atoms with Crippen LogP contribution < -0.4 is 5.73 Å². The molecule has 1 aliphatic carbocycles. The third-order valence-corrected chi connectivity index (χ3v) is 5.24. The molecule has 5 heteroatoms. The van der Waals surface area contributed by atoms with Crippen LogP contribution in [0.4, 0.5) is 5.69 Å². The highest BCUT2D eigenvalue weighted by molar-refractivity contribution is 5.98. The van der Waals surface area contributed by atoms with Gasteiger partial charge < -0.3 is 10.8 Å². The summed E-state index contributed by atoms with van der Waals surface area (Å²) in [4.78, 5) is 22.4. The molecule has 0 spiro atoms. The smallest absolute Gasteiger partial charge is 0.166 e. The van der Waals surface area contributed by atoms with Gasteiger partial charge in [-0.2, -0.15) is 0 Å². The van der Waals surface area contributed by atoms with Gasteiger partial charge in [-0.3, -0.25) is 4.79 Å². The van der Waals surface area contributed by atoms with E-state index in [0.717, 1.165) is 11.1 Å². The van der Waals surface area contributed by atoms with E-state index in [4.69, 9.17) is 15.7 Å². The molecule has 28 heavy (non-hydrogen) atoms. The monoisotopic (exact) mass is 367 g/mol. The summed E-state index contributed by atoms with van der Waals surface area (Å²) in [5.74, 6) is -0.180. The molecule has 3 aromatic carbocycles. The molecule has 5 nitrogen and oxygen atoms in total. The van der Waals surface area contributed by atoms with Crippen LogP contribution in [-0.2, 0) is 5.60 Å². The van der Waals surface area contributed by atoms with Gasteiger partial charge >= 0.3 is 0 Å². The van der Waals surface area contributed by atoms with Gasteiger partial charge in [0.2, 0.25) is 0 Å². The fraction of sp³-hybridized carbons (Fsp3) is 0.0870. The molecule has 4 aromatic rings. The fourth-order valence-corrected chi connectivity index (χ4v) is 3.84. The number of nitrogens with two attached hydrogens (primary N) is 1. The molecule has 5 rings (SSSR count). The Labute approximate surface area is 161 Å². The Morgan fingerprint density at radius 1 is 0.893 bits per heavy atom. The average molecular weight is 367 g/mol. The van der Waals surface area contributed by atoms with E-state index in [2.05, 4.69) is 0 Å². The van der Waals surface area contributed by atoms with Gasteiger partial charge in [0.15, 0.2) is 5.78 Å². The molecular formula is C23H17N3O2. The number of benzene rings is 3. The van der Waals surface area contributed by atoms with Crippen molar-refractivity contribution >= 4 is 22.5 Å². The van der Waals surface area contributed by atoms with Crippen molar-refractivity contribution in [1.29, 1.82) is 0 Å². The van der Waals surface area contributed by atoms with Gasteiger partial charge in [-0.25, -0.2) is 9.97 Å². The number of carbonyl (C=O) groups excluding carboxylic acids is 1. The van der Waals surface area contributed by atoms with E-state index in [9.17, 15) is 9.90 Å². The number of carbonyl (C=O) groups is 1. The molecule has 0 saturated heterocycles. The minimum absolute atomic E-state index is 0.117. The Morgan fingerprint density at radius 2 is 1.54 bits per heavy atom. The summed E-state index contributed by atoms with van der Waals surface area (Å²) in [6.45, 7) is 0. The van der Waals surface area contributed by atoms with Crippen molar-refractivity contribution in [2.24, 2.45) is 0 Å². The number of aromatic nitrogens is 2. The first kappa shape index (κ1) is 16.6. The number of para-hydroxylation sites is 2. The molecule has 0 aliphatic heterocycles. The highest BCUT2D eigenvalue weighted by atomic mass is 16.3. The van der Waals surface area contributed by atoms with Gasteiger partial charge in [0.25, 0.3) is 0 Å². The zero-order chi connectivity index (χ0) is 19.3. The first-order valence-electron chi connectivity index (χ1n) is 9.04. The molecule has 1 heterocycles. The van der Waals surface area contributed by atoms with Crippen LogP contribution in [0.5, 0.6) is 0 Å². The summed E-state index contributed by atoms with van der Waals surface area (Å²) in [7, 11) is 0. The lowest BCUT2D eigenvalue weighted by molar-refractivity contribution is 0.0587. The summed E-state index contributed by atoms with van der Waals surface area (Å²) in [5.41, 5.74) is 9.24. The van der Waals surface area contributed by atoms with Crippen LogP contribution in [-0.4, -0.2) is 20.9 Å². The number of fused-ring (bicyclic) bond motifs is 4. The molecule has 1 atom stereocenters. The Hall–Kier alpha value is -3.57. The number of nitrogens with zero attached hydrogens (tertiary/aromatic N) is 2. The number of hydrogen-bond donors (Lipinski definition) is 2. The Kier molecular flexibility index (Phi) is 3.54. The van der Waals surface area contributed by atoms with Crippen molar-refractivity contribution in [1.82, 2.24) is 9.97 Å². The topological polar surface area (TPSA) is 89.1 Å². The van der Waals surface area contributed by atoms with E-state index in [1.807, 2.05) is 48.5 Å². The zero-order valence-electron chi connectivity index (χ0n) is 15.0. The quantitative estimate of drug-likeness (QED) is 0.426. The van der Waals surface area contributed by atoms with Gasteiger partial charge in [-0.1, -0.05) is 36.4 Å². The van der Waals surface area contributed by atoms with Crippen molar-refractivity contribution < 1.29 is 9.90 Å². The maximum absolute atomic E-state index is 13.0. The summed E-state index contributed by atoms with van der Waals surface area (Å²) in [6.07, 6.45) is -0.117. The second-order valence-corrected chi connectivity index (χ2v) is 7.04. The van der Waals surface area contributed by atoms with Crippen LogP contribution in [0.3, 0.4) is 0 Å². The number of aliphatic hydroxyl groups is 1. The summed E-state index contributed by atoms with van der Waals surface area (Å²) >= 11 is 0. The van der Waals surface area contributed by atoms with Gasteiger partial charge in [-0.05, 0) is 42.0 Å². The van der Waals surface area contributed by atoms with Crippen LogP contribution in [0.25, 0.3) is 22.3 Å². The predicted octanol–water partition coefficient (Wildman–Crippen LogP) is 3.70. The van der Waals surface area contributed by atoms with Gasteiger partial charge in [-0.15, -0.1) is 0 Å². The molecule has 0 bridgehead atoms. The lowest BCUT2D eigenvalue weighted by atomic mass is 9.87. The Bertz CT molecular complexity index is 1230. The fourth-order valence-electron chi connectivity index (χ4n) is 3.84. The average Bonchev–Trinajstić information content (AvgIpc) is 2.95. The molecule has 1 unspecified atom stereocenters. The normalized spacial score (nSPS) is 17.3. The highest BCUT2D eigenvalue weighted by Gasteiger charge is 2.45. The highest BCUT2D eigenvalue weighted by Crippen LogP contribution is 2.48. The van der Waals surface area contributed by atoms with Crippen molar-refractivity contribution in [3.05, 3.63) is 89.6 Å². The van der Waals surface area contributed by atoms with Crippen LogP contribution >= 0.6 is 0 Å². The first-order valence-corrected chi connectivity index (χ1v) is 9.04. The summed E-state index contributed by atoms with van der Waals surface area (Å²) in [5, 5.41) is 11.7. The van der Waals surface area contributed by atoms with Crippen LogP contribution in [0.2, 0.25) is 0 Å². The number of ketones is 1. The van der Waals surface area contributed by atoms with Crippen molar-refractivity contribution in [3.8, 4) is 11.3 Å². The van der Waals surface area contributed by atoms with Crippen molar-refractivity contribution in [2.75, 3.05) is 5.73 Å². The van der Waals surface area contributed by atoms with Gasteiger partial charge in [0.1, 0.15) is 11.3 Å². The predicted molar refractivity (Wildman–Crippen MR) is 108 cm³/mol. The number of nitrogen functional groups attached to an aromatic ring is 1.